The summed E-state index contributed by atoms with van der Waals surface area (Å²) in [5.74, 6) is -7.43. The monoisotopic (exact) mass is 805 g/mol. The van der Waals surface area contributed by atoms with E-state index < -0.39 is 42.7 Å². The fourth-order valence-electron chi connectivity index (χ4n) is 5.00. The van der Waals surface area contributed by atoms with Gasteiger partial charge in [0.25, 0.3) is 17.7 Å². The third-order valence-electron chi connectivity index (χ3n) is 7.51. The van der Waals surface area contributed by atoms with Crippen molar-refractivity contribution in [2.45, 2.75) is 44.6 Å². The first-order valence-corrected chi connectivity index (χ1v) is 16.9. The molecule has 0 spiro atoms. The van der Waals surface area contributed by atoms with Crippen LogP contribution in [0.25, 0.3) is 0 Å². The van der Waals surface area contributed by atoms with E-state index in [0.717, 1.165) is 49.9 Å². The van der Waals surface area contributed by atoms with Gasteiger partial charge in [0.2, 0.25) is 0 Å². The molecule has 8 N–H and O–H groups in total. The Labute approximate surface area is 313 Å². The first-order valence-electron chi connectivity index (χ1n) is 16.1. The van der Waals surface area contributed by atoms with Gasteiger partial charge >= 0.3 is 30.3 Å². The van der Waals surface area contributed by atoms with Gasteiger partial charge in [-0.2, -0.15) is 26.3 Å². The summed E-state index contributed by atoms with van der Waals surface area (Å²) in [4.78, 5) is 70.5. The molecule has 0 radical (unpaired) electrons. The quantitative estimate of drug-likeness (QED) is 0.187. The van der Waals surface area contributed by atoms with Crippen LogP contribution in [-0.2, 0) is 33.8 Å². The predicted molar refractivity (Wildman–Crippen MR) is 186 cm³/mol. The number of piperazine rings is 1. The Kier molecular flexibility index (Phi) is 17.2. The number of halogens is 6. The number of alkyl halides is 6. The summed E-state index contributed by atoms with van der Waals surface area (Å²) in [6.45, 7) is 2.94. The largest absolute Gasteiger partial charge is 0.490 e. The number of hydrogen-bond donors (Lipinski definition) is 6. The molecule has 2 aromatic carbocycles. The third kappa shape index (κ3) is 14.3. The number of nitrogens with one attached hydrogen (secondary N) is 1. The first-order chi connectivity index (χ1) is 25.7. The molecule has 1 aromatic heterocycles. The lowest BCUT2D eigenvalue weighted by Gasteiger charge is -2.28. The van der Waals surface area contributed by atoms with E-state index in [1.807, 2.05) is 17.0 Å². The van der Waals surface area contributed by atoms with Gasteiger partial charge < -0.3 is 37.0 Å². The number of rotatable bonds is 7. The molecule has 2 aliphatic rings. The van der Waals surface area contributed by atoms with Crippen molar-refractivity contribution in [1.29, 1.82) is 0 Å². The van der Waals surface area contributed by atoms with Crippen LogP contribution in [0.3, 0.4) is 0 Å². The first kappa shape index (κ1) is 45.6. The van der Waals surface area contributed by atoms with Crippen molar-refractivity contribution >= 4 is 52.7 Å². The Morgan fingerprint density at radius 3 is 1.85 bits per heavy atom. The number of primary amides is 1. The van der Waals surface area contributed by atoms with Gasteiger partial charge in [-0.05, 0) is 61.1 Å². The molecule has 1 fully saturated rings. The van der Waals surface area contributed by atoms with Crippen LogP contribution in [0.15, 0.2) is 54.6 Å². The maximum Gasteiger partial charge on any atom is 0.490 e. The Morgan fingerprint density at radius 2 is 1.36 bits per heavy atom. The zero-order valence-electron chi connectivity index (χ0n) is 28.8. The van der Waals surface area contributed by atoms with Crippen molar-refractivity contribution in [1.82, 2.24) is 10.2 Å². The summed E-state index contributed by atoms with van der Waals surface area (Å²) in [5.41, 5.74) is 14.5. The van der Waals surface area contributed by atoms with E-state index >= 15 is 0 Å². The number of anilines is 1. The smallest absolute Gasteiger partial charge is 0.480 e. The molecule has 3 amide bonds. The Balaban J connectivity index is 0.000000285. The van der Waals surface area contributed by atoms with E-state index in [2.05, 4.69) is 5.32 Å². The molecule has 1 aliphatic carbocycles. The highest BCUT2D eigenvalue weighted by Crippen LogP contribution is 2.35. The van der Waals surface area contributed by atoms with Crippen molar-refractivity contribution in [3.8, 4) is 0 Å². The van der Waals surface area contributed by atoms with Crippen LogP contribution in [0.5, 0.6) is 0 Å². The highest BCUT2D eigenvalue weighted by atomic mass is 32.1. The third-order valence-corrected chi connectivity index (χ3v) is 8.82. The van der Waals surface area contributed by atoms with Gasteiger partial charge in [0.05, 0.1) is 5.56 Å². The maximum atomic E-state index is 12.8. The van der Waals surface area contributed by atoms with E-state index in [1.54, 1.807) is 42.5 Å². The van der Waals surface area contributed by atoms with Crippen LogP contribution in [-0.4, -0.2) is 101 Å². The van der Waals surface area contributed by atoms with Crippen LogP contribution < -0.4 is 21.7 Å². The molecule has 300 valence electrons. The highest BCUT2D eigenvalue weighted by molar-refractivity contribution is 7.14. The topological polar surface area (TPSA) is 234 Å². The number of benzene rings is 2. The molecule has 14 nitrogen and oxygen atoms in total. The molecule has 5 rings (SSSR count). The van der Waals surface area contributed by atoms with E-state index in [9.17, 15) is 45.5 Å². The average molecular weight is 806 g/mol. The number of aryl methyl sites for hydroxylation is 1. The SMILES string of the molecule is NC(=O)c1sc2c(c1C(=O)N1CCNCC1)CCCC2.NCc1cccc(C(=O)N(CC(=O)O)c2ccccc2)c1.O=C(O)C(F)(F)F.O=C(O)C(F)(F)F. The molecule has 3 aromatic rings. The van der Waals surface area contributed by atoms with Crippen molar-refractivity contribution in [2.24, 2.45) is 11.5 Å². The number of nitrogens with two attached hydrogens (primary N) is 2. The summed E-state index contributed by atoms with van der Waals surface area (Å²) >= 11 is 1.42. The molecule has 0 saturated carbocycles. The number of carboxylic acids is 3. The normalized spacial score (nSPS) is 13.5. The number of hydrogen-bond acceptors (Lipinski definition) is 9. The number of carbonyl (C=O) groups is 6. The lowest BCUT2D eigenvalue weighted by atomic mass is 9.94. The fourth-order valence-corrected chi connectivity index (χ4v) is 6.24. The Morgan fingerprint density at radius 1 is 0.818 bits per heavy atom. The number of fused-ring (bicyclic) bond motifs is 1. The second-order valence-corrected chi connectivity index (χ2v) is 12.6. The summed E-state index contributed by atoms with van der Waals surface area (Å²) in [6.07, 6.45) is -6.09. The van der Waals surface area contributed by atoms with Gasteiger partial charge in [-0.3, -0.25) is 24.1 Å². The van der Waals surface area contributed by atoms with Gasteiger partial charge in [0.15, 0.2) is 0 Å². The van der Waals surface area contributed by atoms with Crippen LogP contribution in [0, 0.1) is 0 Å². The molecular weight excluding hydrogens is 768 g/mol. The van der Waals surface area contributed by atoms with Crippen LogP contribution in [0.4, 0.5) is 32.0 Å². The maximum absolute atomic E-state index is 12.8. The van der Waals surface area contributed by atoms with Crippen molar-refractivity contribution < 1.29 is 70.4 Å². The zero-order valence-corrected chi connectivity index (χ0v) is 29.6. The standard InChI is InChI=1S/C16H16N2O3.C14H19N3O2S.2C2HF3O2/c17-10-12-5-4-6-13(9-12)16(21)18(11-15(19)20)14-7-2-1-3-8-14;15-13(18)12-11(9-3-1-2-4-10(9)20-12)14(19)17-7-5-16-6-8-17;2*3-2(4,5)1(6)7/h1-9H,10-11,17H2,(H,19,20);16H,1-8H2,(H2,15,18);2*(H,6,7). The predicted octanol–water partition coefficient (Wildman–Crippen LogP) is 3.91. The summed E-state index contributed by atoms with van der Waals surface area (Å²) in [5, 5.41) is 26.5. The van der Waals surface area contributed by atoms with Gasteiger partial charge in [0.1, 0.15) is 11.4 Å². The summed E-state index contributed by atoms with van der Waals surface area (Å²) in [7, 11) is 0. The fraction of sp³-hybridized carbons (Fsp3) is 0.353. The molecule has 2 heterocycles. The highest BCUT2D eigenvalue weighted by Gasteiger charge is 2.39. The number of aliphatic carboxylic acids is 3. The van der Waals surface area contributed by atoms with Crippen molar-refractivity contribution in [2.75, 3.05) is 37.6 Å². The van der Waals surface area contributed by atoms with Crippen LogP contribution in [0.2, 0.25) is 0 Å². The summed E-state index contributed by atoms with van der Waals surface area (Å²) in [6, 6.07) is 15.6. The van der Waals surface area contributed by atoms with E-state index in [-0.39, 0.29) is 11.8 Å². The van der Waals surface area contributed by atoms with E-state index in [0.29, 0.717) is 41.3 Å². The number of thiophene rings is 1. The minimum absolute atomic E-state index is 0.0142. The number of para-hydroxylation sites is 1. The minimum Gasteiger partial charge on any atom is -0.480 e. The molecule has 1 aliphatic heterocycles. The van der Waals surface area contributed by atoms with Gasteiger partial charge in [-0.25, -0.2) is 9.59 Å². The van der Waals surface area contributed by atoms with Crippen LogP contribution in [0.1, 0.15) is 59.2 Å². The van der Waals surface area contributed by atoms with Crippen molar-refractivity contribution in [3.63, 3.8) is 0 Å². The van der Waals surface area contributed by atoms with E-state index in [4.69, 9.17) is 36.4 Å². The van der Waals surface area contributed by atoms with E-state index in [1.165, 1.54) is 21.1 Å². The zero-order chi connectivity index (χ0) is 41.5. The van der Waals surface area contributed by atoms with Crippen molar-refractivity contribution in [3.05, 3.63) is 86.6 Å². The van der Waals surface area contributed by atoms with Gasteiger partial charge in [-0.15, -0.1) is 11.3 Å². The molecule has 0 bridgehead atoms. The number of carbonyl (C=O) groups excluding carboxylic acids is 3. The Hall–Kier alpha value is -5.54. The van der Waals surface area contributed by atoms with Gasteiger partial charge in [0, 0.05) is 48.9 Å². The van der Waals surface area contributed by atoms with Gasteiger partial charge in [-0.1, -0.05) is 30.3 Å². The van der Waals surface area contributed by atoms with Crippen LogP contribution >= 0.6 is 11.3 Å². The average Bonchev–Trinajstić information content (AvgIpc) is 3.54. The Bertz CT molecular complexity index is 1790. The second kappa shape index (κ2) is 20.8. The number of nitrogens with zero attached hydrogens (tertiary/aromatic N) is 2. The molecular formula is C34H37F6N5O9S. The number of amides is 3. The lowest BCUT2D eigenvalue weighted by molar-refractivity contribution is -0.193. The molecule has 55 heavy (non-hydrogen) atoms. The molecule has 21 heteroatoms. The molecule has 0 unspecified atom stereocenters. The minimum atomic E-state index is -5.08. The molecule has 1 saturated heterocycles. The number of carboxylic acid groups (broad SMARTS) is 3. The summed E-state index contributed by atoms with van der Waals surface area (Å²) < 4.78 is 63.5. The second-order valence-electron chi connectivity index (χ2n) is 11.5. The molecule has 0 atom stereocenters. The lowest BCUT2D eigenvalue weighted by Crippen LogP contribution is -2.46.